The van der Waals surface area contributed by atoms with E-state index in [1.807, 2.05) is 72.8 Å². The lowest BCUT2D eigenvalue weighted by molar-refractivity contribution is 0.0947. The zero-order valence-corrected chi connectivity index (χ0v) is 28.0. The molecule has 0 bridgehead atoms. The number of nitrogens with one attached hydrogen (secondary N) is 2. The molecular weight excluding hydrogens is 621 g/mol. The van der Waals surface area contributed by atoms with E-state index in [0.29, 0.717) is 11.1 Å². The first kappa shape index (κ1) is 32.8. The van der Waals surface area contributed by atoms with E-state index in [-0.39, 0.29) is 11.8 Å². The molecule has 8 nitrogen and oxygen atoms in total. The van der Waals surface area contributed by atoms with Crippen molar-refractivity contribution in [1.29, 1.82) is 0 Å². The fourth-order valence-corrected chi connectivity index (χ4v) is 6.55. The monoisotopic (exact) mass is 660 g/mol. The third-order valence-corrected chi connectivity index (χ3v) is 9.36. The molecule has 0 aromatic heterocycles. The molecule has 2 heterocycles. The summed E-state index contributed by atoms with van der Waals surface area (Å²) in [6.45, 7) is 5.66. The Morgan fingerprint density at radius 1 is 0.520 bits per heavy atom. The van der Waals surface area contributed by atoms with E-state index in [4.69, 9.17) is 0 Å². The second kappa shape index (κ2) is 15.7. The van der Waals surface area contributed by atoms with Gasteiger partial charge >= 0.3 is 0 Å². The predicted octanol–water partition coefficient (Wildman–Crippen LogP) is 6.33. The van der Waals surface area contributed by atoms with E-state index in [2.05, 4.69) is 79.4 Å². The minimum atomic E-state index is -0.262. The summed E-state index contributed by atoms with van der Waals surface area (Å²) in [4.78, 5) is 30.2. The highest BCUT2D eigenvalue weighted by molar-refractivity contribution is 5.95. The van der Waals surface area contributed by atoms with Crippen molar-refractivity contribution < 1.29 is 9.59 Å². The third kappa shape index (κ3) is 8.47. The largest absolute Gasteiger partial charge is 0.294 e. The van der Waals surface area contributed by atoms with Gasteiger partial charge < -0.3 is 0 Å². The van der Waals surface area contributed by atoms with Crippen molar-refractivity contribution in [2.24, 2.45) is 10.2 Å². The Morgan fingerprint density at radius 2 is 0.900 bits per heavy atom. The molecule has 0 aliphatic carbocycles. The Kier molecular flexibility index (Phi) is 10.3. The molecule has 2 N–H and O–H groups in total. The van der Waals surface area contributed by atoms with Crippen molar-refractivity contribution in [3.8, 4) is 0 Å². The molecule has 0 saturated carbocycles. The van der Waals surface area contributed by atoms with E-state index in [1.165, 1.54) is 33.4 Å². The van der Waals surface area contributed by atoms with Crippen molar-refractivity contribution in [3.63, 3.8) is 0 Å². The lowest BCUT2D eigenvalue weighted by Gasteiger charge is -2.28. The Balaban J connectivity index is 0.832. The zero-order valence-electron chi connectivity index (χ0n) is 28.0. The highest BCUT2D eigenvalue weighted by atomic mass is 16.2. The van der Waals surface area contributed by atoms with E-state index in [0.717, 1.165) is 63.2 Å². The van der Waals surface area contributed by atoms with Crippen LogP contribution in [0.15, 0.2) is 132 Å². The number of carbonyl (C=O) groups is 2. The van der Waals surface area contributed by atoms with Crippen LogP contribution >= 0.6 is 0 Å². The van der Waals surface area contributed by atoms with Crippen LogP contribution in [0.1, 0.15) is 65.2 Å². The zero-order chi connectivity index (χ0) is 34.1. The number of rotatable bonds is 10. The van der Waals surface area contributed by atoms with Crippen LogP contribution in [0.2, 0.25) is 0 Å². The van der Waals surface area contributed by atoms with Crippen molar-refractivity contribution in [2.75, 3.05) is 13.1 Å². The molecule has 2 aliphatic rings. The Hall–Kier alpha value is -5.70. The molecule has 0 saturated heterocycles. The number of amides is 2. The van der Waals surface area contributed by atoms with Gasteiger partial charge in [0.25, 0.3) is 11.8 Å². The van der Waals surface area contributed by atoms with Gasteiger partial charge in [-0.2, -0.15) is 10.2 Å². The number of hydrazone groups is 2. The van der Waals surface area contributed by atoms with Crippen LogP contribution in [0.25, 0.3) is 0 Å². The normalized spacial score (nSPS) is 14.7. The minimum absolute atomic E-state index is 0.262. The predicted molar refractivity (Wildman–Crippen MR) is 198 cm³/mol. The number of nitrogens with zero attached hydrogens (tertiary/aromatic N) is 4. The summed E-state index contributed by atoms with van der Waals surface area (Å²) >= 11 is 0. The van der Waals surface area contributed by atoms with Crippen LogP contribution in [0.5, 0.6) is 0 Å². The molecule has 0 atom stereocenters. The molecule has 0 spiro atoms. The van der Waals surface area contributed by atoms with Crippen molar-refractivity contribution in [2.45, 2.75) is 39.0 Å². The fraction of sp³-hybridized carbons (Fsp3) is 0.190. The highest BCUT2D eigenvalue weighted by Gasteiger charge is 2.17. The first-order chi connectivity index (χ1) is 24.6. The molecule has 0 unspecified atom stereocenters. The summed E-state index contributed by atoms with van der Waals surface area (Å²) < 4.78 is 0. The average Bonchev–Trinajstić information content (AvgIpc) is 3.16. The summed E-state index contributed by atoms with van der Waals surface area (Å²) in [7, 11) is 0. The molecular formula is C42H40N6O2. The average molecular weight is 661 g/mol. The van der Waals surface area contributed by atoms with Crippen molar-refractivity contribution >= 4 is 24.2 Å². The van der Waals surface area contributed by atoms with Crippen LogP contribution < -0.4 is 10.9 Å². The number of carbonyl (C=O) groups excluding carboxylic acids is 2. The first-order valence-corrected chi connectivity index (χ1v) is 17.1. The molecule has 5 aromatic rings. The third-order valence-electron chi connectivity index (χ3n) is 9.36. The molecule has 50 heavy (non-hydrogen) atoms. The molecule has 7 rings (SSSR count). The number of benzene rings is 5. The molecule has 250 valence electrons. The smallest absolute Gasteiger partial charge is 0.271 e. The quantitative estimate of drug-likeness (QED) is 0.135. The second-order valence-corrected chi connectivity index (χ2v) is 12.9. The summed E-state index contributed by atoms with van der Waals surface area (Å²) in [5, 5.41) is 8.25. The van der Waals surface area contributed by atoms with E-state index in [9.17, 15) is 9.59 Å². The van der Waals surface area contributed by atoms with Gasteiger partial charge in [-0.05, 0) is 81.6 Å². The van der Waals surface area contributed by atoms with Gasteiger partial charge in [0, 0.05) is 50.4 Å². The van der Waals surface area contributed by atoms with Crippen LogP contribution in [0.4, 0.5) is 0 Å². The molecule has 2 amide bonds. The summed E-state index contributed by atoms with van der Waals surface area (Å²) in [5.41, 5.74) is 16.0. The second-order valence-electron chi connectivity index (χ2n) is 12.9. The van der Waals surface area contributed by atoms with Gasteiger partial charge in [0.1, 0.15) is 0 Å². The SMILES string of the molecule is O=C(NN=Cc1ccc(C=NNC(=O)c2ccc(CN3CCc4ccccc4C3)cc2)cc1)c1ccc(CN2CCc3ccccc3C2)cc1. The van der Waals surface area contributed by atoms with Crippen LogP contribution in [0.3, 0.4) is 0 Å². The Labute approximate surface area is 293 Å². The number of hydrogen-bond acceptors (Lipinski definition) is 6. The van der Waals surface area contributed by atoms with Gasteiger partial charge in [-0.15, -0.1) is 0 Å². The van der Waals surface area contributed by atoms with Gasteiger partial charge in [0.05, 0.1) is 12.4 Å². The van der Waals surface area contributed by atoms with Gasteiger partial charge in [-0.25, -0.2) is 10.9 Å². The maximum atomic E-state index is 12.6. The number of fused-ring (bicyclic) bond motifs is 2. The van der Waals surface area contributed by atoms with Gasteiger partial charge in [0.2, 0.25) is 0 Å². The Morgan fingerprint density at radius 3 is 1.30 bits per heavy atom. The standard InChI is InChI=1S/C42H40N6O2/c49-41(37-17-13-33(14-18-37)27-47-23-21-35-5-1-3-7-39(35)29-47)45-43-25-31-9-11-32(12-10-31)26-44-46-42(50)38-19-15-34(16-20-38)28-48-24-22-36-6-2-4-8-40(36)30-48/h1-20,25-26H,21-24,27-30H2,(H,45,49)(H,46,50). The lowest BCUT2D eigenvalue weighted by atomic mass is 9.99. The lowest BCUT2D eigenvalue weighted by Crippen LogP contribution is -2.30. The summed E-state index contributed by atoms with van der Waals surface area (Å²) in [5.74, 6) is -0.524. The maximum absolute atomic E-state index is 12.6. The molecule has 0 radical (unpaired) electrons. The molecule has 8 heteroatoms. The summed E-state index contributed by atoms with van der Waals surface area (Å²) in [6.07, 6.45) is 5.32. The Bertz CT molecular complexity index is 1860. The van der Waals surface area contributed by atoms with Crippen molar-refractivity contribution in [3.05, 3.63) is 177 Å². The van der Waals surface area contributed by atoms with E-state index >= 15 is 0 Å². The van der Waals surface area contributed by atoms with Crippen LogP contribution in [-0.2, 0) is 39.0 Å². The van der Waals surface area contributed by atoms with Gasteiger partial charge in [0.15, 0.2) is 0 Å². The van der Waals surface area contributed by atoms with Crippen LogP contribution in [-0.4, -0.2) is 47.1 Å². The number of hydrogen-bond donors (Lipinski definition) is 2. The van der Waals surface area contributed by atoms with Gasteiger partial charge in [-0.1, -0.05) is 97.1 Å². The van der Waals surface area contributed by atoms with Crippen molar-refractivity contribution in [1.82, 2.24) is 20.7 Å². The van der Waals surface area contributed by atoms with Crippen LogP contribution in [0, 0.1) is 0 Å². The maximum Gasteiger partial charge on any atom is 0.271 e. The fourth-order valence-electron chi connectivity index (χ4n) is 6.55. The van der Waals surface area contributed by atoms with Gasteiger partial charge in [-0.3, -0.25) is 19.4 Å². The van der Waals surface area contributed by atoms with E-state index < -0.39 is 0 Å². The summed E-state index contributed by atoms with van der Waals surface area (Å²) in [6, 6.07) is 40.1. The molecule has 5 aromatic carbocycles. The topological polar surface area (TPSA) is 89.4 Å². The first-order valence-electron chi connectivity index (χ1n) is 17.1. The van der Waals surface area contributed by atoms with E-state index in [1.54, 1.807) is 12.4 Å². The molecule has 2 aliphatic heterocycles. The minimum Gasteiger partial charge on any atom is -0.294 e. The molecule has 0 fully saturated rings. The highest BCUT2D eigenvalue weighted by Crippen LogP contribution is 2.22.